The summed E-state index contributed by atoms with van der Waals surface area (Å²) in [5.41, 5.74) is 1.54. The van der Waals surface area contributed by atoms with Gasteiger partial charge in [0.05, 0.1) is 11.8 Å². The zero-order valence-corrected chi connectivity index (χ0v) is 12.1. The summed E-state index contributed by atoms with van der Waals surface area (Å²) < 4.78 is 5.34. The van der Waals surface area contributed by atoms with Gasteiger partial charge in [0.15, 0.2) is 0 Å². The molecular formula is C16H20N2O2. The van der Waals surface area contributed by atoms with E-state index in [-0.39, 0.29) is 11.9 Å². The average molecular weight is 272 g/mol. The molecule has 0 radical (unpaired) electrons. The Morgan fingerprint density at radius 2 is 2.00 bits per heavy atom. The molecule has 0 aliphatic rings. The number of nitrogens with one attached hydrogen (secondary N) is 1. The molecule has 4 heteroatoms. The number of hydrogen-bond acceptors (Lipinski definition) is 3. The topological polar surface area (TPSA) is 45.5 Å². The molecule has 1 aromatic carbocycles. The number of anilines is 1. The highest BCUT2D eigenvalue weighted by Crippen LogP contribution is 2.18. The third kappa shape index (κ3) is 3.41. The van der Waals surface area contributed by atoms with Crippen molar-refractivity contribution in [3.05, 3.63) is 54.0 Å². The highest BCUT2D eigenvalue weighted by atomic mass is 16.3. The highest BCUT2D eigenvalue weighted by Gasteiger charge is 2.14. The summed E-state index contributed by atoms with van der Waals surface area (Å²) in [6, 6.07) is 11.6. The molecule has 1 unspecified atom stereocenters. The van der Waals surface area contributed by atoms with Crippen molar-refractivity contribution in [2.75, 3.05) is 19.4 Å². The number of nitrogens with zero attached hydrogens (tertiary/aromatic N) is 1. The van der Waals surface area contributed by atoms with Gasteiger partial charge in [-0.05, 0) is 31.2 Å². The molecule has 1 aromatic heterocycles. The van der Waals surface area contributed by atoms with E-state index < -0.39 is 0 Å². The van der Waals surface area contributed by atoms with Crippen LogP contribution in [0.4, 0.5) is 5.69 Å². The maximum Gasteiger partial charge on any atom is 0.255 e. The van der Waals surface area contributed by atoms with E-state index >= 15 is 0 Å². The maximum atomic E-state index is 12.1. The summed E-state index contributed by atoms with van der Waals surface area (Å²) in [5.74, 6) is 0.930. The number of hydrogen-bond donors (Lipinski definition) is 1. The minimum absolute atomic E-state index is 0.00158. The van der Waals surface area contributed by atoms with Crippen molar-refractivity contribution in [2.45, 2.75) is 19.4 Å². The molecule has 2 rings (SSSR count). The molecule has 0 fully saturated rings. The Hall–Kier alpha value is -2.23. The Morgan fingerprint density at radius 3 is 2.65 bits per heavy atom. The first-order valence-corrected chi connectivity index (χ1v) is 6.67. The van der Waals surface area contributed by atoms with Crippen molar-refractivity contribution < 1.29 is 9.21 Å². The number of benzene rings is 1. The average Bonchev–Trinajstić information content (AvgIpc) is 2.91. The fraction of sp³-hybridized carbons (Fsp3) is 0.312. The minimum atomic E-state index is -0.00158. The second kappa shape index (κ2) is 6.28. The van der Waals surface area contributed by atoms with E-state index in [1.54, 1.807) is 25.3 Å². The van der Waals surface area contributed by atoms with Crippen LogP contribution in [0, 0.1) is 0 Å². The molecule has 0 aliphatic heterocycles. The Bertz CT molecular complexity index is 562. The summed E-state index contributed by atoms with van der Waals surface area (Å²) in [5, 5.41) is 3.38. The van der Waals surface area contributed by atoms with Crippen LogP contribution in [-0.2, 0) is 6.42 Å². The smallest absolute Gasteiger partial charge is 0.255 e. The molecule has 4 nitrogen and oxygen atoms in total. The number of para-hydroxylation sites is 1. The summed E-state index contributed by atoms with van der Waals surface area (Å²) in [6.45, 7) is 2.07. The first kappa shape index (κ1) is 14.2. The monoisotopic (exact) mass is 272 g/mol. The first-order chi connectivity index (χ1) is 9.58. The summed E-state index contributed by atoms with van der Waals surface area (Å²) >= 11 is 0. The molecule has 1 amide bonds. The van der Waals surface area contributed by atoms with Gasteiger partial charge in [-0.2, -0.15) is 0 Å². The fourth-order valence-electron chi connectivity index (χ4n) is 2.08. The molecular weight excluding hydrogens is 252 g/mol. The van der Waals surface area contributed by atoms with E-state index in [1.807, 2.05) is 36.4 Å². The van der Waals surface area contributed by atoms with Gasteiger partial charge in [0, 0.05) is 32.2 Å². The van der Waals surface area contributed by atoms with Crippen LogP contribution in [0.3, 0.4) is 0 Å². The lowest BCUT2D eigenvalue weighted by atomic mass is 10.1. The number of carbonyl (C=O) groups is 1. The maximum absolute atomic E-state index is 12.1. The largest absolute Gasteiger partial charge is 0.469 e. The van der Waals surface area contributed by atoms with E-state index in [4.69, 9.17) is 4.42 Å². The van der Waals surface area contributed by atoms with Crippen molar-refractivity contribution >= 4 is 11.6 Å². The number of furan rings is 1. The highest BCUT2D eigenvalue weighted by molar-refractivity contribution is 5.99. The van der Waals surface area contributed by atoms with E-state index in [9.17, 15) is 4.79 Å². The van der Waals surface area contributed by atoms with Crippen molar-refractivity contribution in [2.24, 2.45) is 0 Å². The van der Waals surface area contributed by atoms with Crippen molar-refractivity contribution in [3.63, 3.8) is 0 Å². The molecule has 0 spiro atoms. The van der Waals surface area contributed by atoms with Gasteiger partial charge < -0.3 is 14.6 Å². The number of rotatable bonds is 5. The Balaban J connectivity index is 2.11. The van der Waals surface area contributed by atoms with Gasteiger partial charge >= 0.3 is 0 Å². The summed E-state index contributed by atoms with van der Waals surface area (Å²) in [6.07, 6.45) is 2.45. The SMILES string of the molecule is CC(Cc1ccco1)Nc1ccccc1C(=O)N(C)C. The van der Waals surface area contributed by atoms with Crippen LogP contribution in [0.1, 0.15) is 23.0 Å². The van der Waals surface area contributed by atoms with Gasteiger partial charge in [-0.15, -0.1) is 0 Å². The van der Waals surface area contributed by atoms with Crippen LogP contribution in [0.15, 0.2) is 47.1 Å². The lowest BCUT2D eigenvalue weighted by Gasteiger charge is -2.18. The van der Waals surface area contributed by atoms with E-state index in [0.717, 1.165) is 17.9 Å². The van der Waals surface area contributed by atoms with E-state index in [2.05, 4.69) is 12.2 Å². The van der Waals surface area contributed by atoms with Crippen molar-refractivity contribution in [1.82, 2.24) is 4.90 Å². The van der Waals surface area contributed by atoms with Crippen LogP contribution in [0.5, 0.6) is 0 Å². The van der Waals surface area contributed by atoms with Crippen LogP contribution < -0.4 is 5.32 Å². The molecule has 1 heterocycles. The molecule has 0 aliphatic carbocycles. The van der Waals surface area contributed by atoms with Gasteiger partial charge in [0.2, 0.25) is 0 Å². The zero-order valence-electron chi connectivity index (χ0n) is 12.1. The molecule has 0 saturated carbocycles. The minimum Gasteiger partial charge on any atom is -0.469 e. The first-order valence-electron chi connectivity index (χ1n) is 6.67. The molecule has 0 saturated heterocycles. The molecule has 0 bridgehead atoms. The summed E-state index contributed by atoms with van der Waals surface area (Å²) in [7, 11) is 3.51. The van der Waals surface area contributed by atoms with Gasteiger partial charge in [0.1, 0.15) is 5.76 Å². The molecule has 20 heavy (non-hydrogen) atoms. The normalized spacial score (nSPS) is 11.9. The second-order valence-electron chi connectivity index (χ2n) is 5.07. The number of amides is 1. The number of carbonyl (C=O) groups excluding carboxylic acids is 1. The quantitative estimate of drug-likeness (QED) is 0.910. The zero-order chi connectivity index (χ0) is 14.5. The van der Waals surface area contributed by atoms with Crippen LogP contribution >= 0.6 is 0 Å². The Kier molecular flexibility index (Phi) is 4.45. The molecule has 1 N–H and O–H groups in total. The predicted octanol–water partition coefficient (Wildman–Crippen LogP) is 3.02. The lowest BCUT2D eigenvalue weighted by Crippen LogP contribution is -2.25. The van der Waals surface area contributed by atoms with Gasteiger partial charge in [-0.3, -0.25) is 4.79 Å². The van der Waals surface area contributed by atoms with Crippen molar-refractivity contribution in [3.8, 4) is 0 Å². The second-order valence-corrected chi connectivity index (χ2v) is 5.07. The van der Waals surface area contributed by atoms with Crippen molar-refractivity contribution in [1.29, 1.82) is 0 Å². The Labute approximate surface area is 119 Å². The van der Waals surface area contributed by atoms with E-state index in [1.165, 1.54) is 0 Å². The molecule has 2 aromatic rings. The van der Waals surface area contributed by atoms with Gasteiger partial charge in [-0.25, -0.2) is 0 Å². The van der Waals surface area contributed by atoms with Crippen LogP contribution in [0.25, 0.3) is 0 Å². The van der Waals surface area contributed by atoms with Crippen LogP contribution in [0.2, 0.25) is 0 Å². The predicted molar refractivity (Wildman–Crippen MR) is 80.0 cm³/mol. The lowest BCUT2D eigenvalue weighted by molar-refractivity contribution is 0.0828. The van der Waals surface area contributed by atoms with Crippen LogP contribution in [-0.4, -0.2) is 30.9 Å². The summed E-state index contributed by atoms with van der Waals surface area (Å²) in [4.78, 5) is 13.7. The molecule has 106 valence electrons. The third-order valence-electron chi connectivity index (χ3n) is 3.05. The Morgan fingerprint density at radius 1 is 1.25 bits per heavy atom. The third-order valence-corrected chi connectivity index (χ3v) is 3.05. The molecule has 1 atom stereocenters. The fourth-order valence-corrected chi connectivity index (χ4v) is 2.08. The van der Waals surface area contributed by atoms with E-state index in [0.29, 0.717) is 5.56 Å². The standard InChI is InChI=1S/C16H20N2O2/c1-12(11-13-7-6-10-20-13)17-15-9-5-4-8-14(15)16(19)18(2)3/h4-10,12,17H,11H2,1-3H3. The van der Waals surface area contributed by atoms with Gasteiger partial charge in [-0.1, -0.05) is 12.1 Å². The van der Waals surface area contributed by atoms with Gasteiger partial charge in [0.25, 0.3) is 5.91 Å².